The van der Waals surface area contributed by atoms with Gasteiger partial charge in [0, 0.05) is 16.0 Å². The minimum atomic E-state index is -0.214. The van der Waals surface area contributed by atoms with E-state index in [-0.39, 0.29) is 17.1 Å². The van der Waals surface area contributed by atoms with Crippen LogP contribution in [0.4, 0.5) is 16.4 Å². The molecular weight excluding hydrogens is 502 g/mol. The van der Waals surface area contributed by atoms with Gasteiger partial charge in [-0.05, 0) is 64.0 Å². The minimum absolute atomic E-state index is 0.211. The minimum Gasteiger partial charge on any atom is -0.453 e. The summed E-state index contributed by atoms with van der Waals surface area (Å²) in [5.74, 6) is 1.13. The molecule has 6 aromatic rings. The Hall–Kier alpha value is -5.00. The van der Waals surface area contributed by atoms with E-state index < -0.39 is 0 Å². The number of benzene rings is 5. The summed E-state index contributed by atoms with van der Waals surface area (Å²) in [7, 11) is 0. The monoisotopic (exact) mass is 521 g/mol. The third-order valence-electron chi connectivity index (χ3n) is 7.43. The number of carbonyl (C=O) groups is 2. The second kappa shape index (κ2) is 8.25. The van der Waals surface area contributed by atoms with Crippen LogP contribution in [0.2, 0.25) is 0 Å². The zero-order valence-electron chi connectivity index (χ0n) is 20.5. The Morgan fingerprint density at radius 3 is 1.62 bits per heavy atom. The van der Waals surface area contributed by atoms with Crippen molar-refractivity contribution >= 4 is 66.9 Å². The normalized spacial score (nSPS) is 13.8. The average molecular weight is 522 g/mol. The summed E-state index contributed by atoms with van der Waals surface area (Å²) in [6.07, 6.45) is 1.75. The fourth-order valence-corrected chi connectivity index (χ4v) is 6.72. The molecule has 0 atom stereocenters. The standard InChI is InChI=1S/C34H19NO3S/c36-33-25(34(37)32-24-12-4-2-10-22(24)21-9-1-3-11-23(21)31(32)33)19-20-17-18-30(39-20)35-26-13-5-7-15-28(26)38-29-16-8-6-14-27(29)35/h1-19H. The largest absolute Gasteiger partial charge is 0.453 e. The average Bonchev–Trinajstić information content (AvgIpc) is 3.54. The molecule has 39 heavy (non-hydrogen) atoms. The zero-order chi connectivity index (χ0) is 26.1. The SMILES string of the molecule is O=C1C(=Cc2ccc(N3c4ccccc4Oc4ccccc43)s2)C(=O)c2c1c1ccccc1c1ccccc21. The molecule has 0 amide bonds. The highest BCUT2D eigenvalue weighted by molar-refractivity contribution is 7.17. The highest BCUT2D eigenvalue weighted by Gasteiger charge is 2.37. The molecule has 1 aliphatic heterocycles. The molecule has 184 valence electrons. The van der Waals surface area contributed by atoms with Crippen molar-refractivity contribution in [1.82, 2.24) is 0 Å². The van der Waals surface area contributed by atoms with Crippen molar-refractivity contribution in [2.75, 3.05) is 4.90 Å². The summed E-state index contributed by atoms with van der Waals surface area (Å²) in [6, 6.07) is 35.5. The van der Waals surface area contributed by atoms with Gasteiger partial charge in [0.1, 0.15) is 5.00 Å². The van der Waals surface area contributed by atoms with Crippen molar-refractivity contribution in [3.05, 3.63) is 131 Å². The van der Waals surface area contributed by atoms with Crippen LogP contribution in [0, 0.1) is 0 Å². The maximum Gasteiger partial charge on any atom is 0.198 e. The van der Waals surface area contributed by atoms with E-state index in [2.05, 4.69) is 4.90 Å². The molecule has 0 saturated carbocycles. The molecule has 4 nitrogen and oxygen atoms in total. The molecule has 0 N–H and O–H groups in total. The molecule has 0 fully saturated rings. The zero-order valence-corrected chi connectivity index (χ0v) is 21.4. The Bertz CT molecular complexity index is 1930. The smallest absolute Gasteiger partial charge is 0.198 e. The van der Waals surface area contributed by atoms with Gasteiger partial charge in [-0.15, -0.1) is 11.3 Å². The number of fused-ring (bicyclic) bond motifs is 8. The number of ketones is 2. The van der Waals surface area contributed by atoms with E-state index in [4.69, 9.17) is 4.74 Å². The van der Waals surface area contributed by atoms with Gasteiger partial charge in [0.2, 0.25) is 0 Å². The van der Waals surface area contributed by atoms with E-state index in [0.29, 0.717) is 11.1 Å². The van der Waals surface area contributed by atoms with Crippen LogP contribution in [0.3, 0.4) is 0 Å². The first-order chi connectivity index (χ1) is 19.2. The molecule has 1 aliphatic carbocycles. The first kappa shape index (κ1) is 22.0. The summed E-state index contributed by atoms with van der Waals surface area (Å²) >= 11 is 1.53. The van der Waals surface area contributed by atoms with Crippen LogP contribution in [-0.2, 0) is 0 Å². The highest BCUT2D eigenvalue weighted by atomic mass is 32.1. The number of nitrogens with zero attached hydrogens (tertiary/aromatic N) is 1. The first-order valence-electron chi connectivity index (χ1n) is 12.7. The summed E-state index contributed by atoms with van der Waals surface area (Å²) in [6.45, 7) is 0. The quantitative estimate of drug-likeness (QED) is 0.129. The van der Waals surface area contributed by atoms with Gasteiger partial charge in [-0.3, -0.25) is 14.5 Å². The highest BCUT2D eigenvalue weighted by Crippen LogP contribution is 2.51. The lowest BCUT2D eigenvalue weighted by molar-refractivity contribution is 0.0991. The summed E-state index contributed by atoms with van der Waals surface area (Å²) < 4.78 is 6.14. The molecule has 5 heteroatoms. The number of hydrogen-bond donors (Lipinski definition) is 0. The van der Waals surface area contributed by atoms with Crippen LogP contribution in [0.1, 0.15) is 25.6 Å². The number of allylic oxidation sites excluding steroid dienone is 1. The van der Waals surface area contributed by atoms with Crippen LogP contribution >= 0.6 is 11.3 Å². The van der Waals surface area contributed by atoms with Crippen molar-refractivity contribution in [3.63, 3.8) is 0 Å². The van der Waals surface area contributed by atoms with Gasteiger partial charge in [0.05, 0.1) is 16.9 Å². The second-order valence-corrected chi connectivity index (χ2v) is 10.7. The number of hydrogen-bond acceptors (Lipinski definition) is 5. The van der Waals surface area contributed by atoms with Gasteiger partial charge in [-0.25, -0.2) is 0 Å². The van der Waals surface area contributed by atoms with Gasteiger partial charge in [-0.2, -0.15) is 0 Å². The first-order valence-corrected chi connectivity index (χ1v) is 13.5. The molecule has 0 spiro atoms. The molecule has 0 saturated heterocycles. The van der Waals surface area contributed by atoms with E-state index in [9.17, 15) is 9.59 Å². The fraction of sp³-hybridized carbons (Fsp3) is 0. The molecule has 0 bridgehead atoms. The van der Waals surface area contributed by atoms with Crippen LogP contribution in [0.5, 0.6) is 11.5 Å². The Labute approximate surface area is 228 Å². The number of rotatable bonds is 2. The summed E-state index contributed by atoms with van der Waals surface area (Å²) in [5, 5.41) is 4.58. The molecule has 8 rings (SSSR count). The molecule has 0 unspecified atom stereocenters. The molecule has 5 aromatic carbocycles. The van der Waals surface area contributed by atoms with E-state index in [1.165, 1.54) is 11.3 Å². The predicted molar refractivity (Wildman–Crippen MR) is 157 cm³/mol. The number of thiophene rings is 1. The van der Waals surface area contributed by atoms with Crippen molar-refractivity contribution in [2.24, 2.45) is 0 Å². The van der Waals surface area contributed by atoms with E-state index in [1.807, 2.05) is 109 Å². The molecule has 0 radical (unpaired) electrons. The van der Waals surface area contributed by atoms with Gasteiger partial charge >= 0.3 is 0 Å². The van der Waals surface area contributed by atoms with E-state index in [1.54, 1.807) is 6.08 Å². The number of ether oxygens (including phenoxy) is 1. The predicted octanol–water partition coefficient (Wildman–Crippen LogP) is 9.09. The van der Waals surface area contributed by atoms with Crippen LogP contribution < -0.4 is 9.64 Å². The number of Topliss-reactive ketones (excluding diaryl/α,β-unsaturated/α-hetero) is 2. The molecule has 2 aliphatic rings. The molecular formula is C34H19NO3S. The number of carbonyl (C=O) groups excluding carboxylic acids is 2. The van der Waals surface area contributed by atoms with Crippen molar-refractivity contribution in [2.45, 2.75) is 0 Å². The maximum atomic E-state index is 13.8. The lowest BCUT2D eigenvalue weighted by Crippen LogP contribution is -2.14. The Morgan fingerprint density at radius 1 is 0.564 bits per heavy atom. The van der Waals surface area contributed by atoms with Gasteiger partial charge in [-0.1, -0.05) is 72.8 Å². The Kier molecular flexibility index (Phi) is 4.66. The van der Waals surface area contributed by atoms with Crippen molar-refractivity contribution < 1.29 is 14.3 Å². The third-order valence-corrected chi connectivity index (χ3v) is 8.45. The summed E-state index contributed by atoms with van der Waals surface area (Å²) in [5.41, 5.74) is 3.11. The van der Waals surface area contributed by atoms with Gasteiger partial charge in [0.25, 0.3) is 0 Å². The van der Waals surface area contributed by atoms with Crippen LogP contribution in [0.25, 0.3) is 27.6 Å². The number of para-hydroxylation sites is 4. The van der Waals surface area contributed by atoms with Crippen LogP contribution in [0.15, 0.2) is 115 Å². The summed E-state index contributed by atoms with van der Waals surface area (Å²) in [4.78, 5) is 30.6. The third kappa shape index (κ3) is 3.17. The van der Waals surface area contributed by atoms with Gasteiger partial charge < -0.3 is 4.74 Å². The Morgan fingerprint density at radius 2 is 1.05 bits per heavy atom. The topological polar surface area (TPSA) is 46.6 Å². The maximum absolute atomic E-state index is 13.8. The van der Waals surface area contributed by atoms with Crippen molar-refractivity contribution in [1.29, 1.82) is 0 Å². The lowest BCUT2D eigenvalue weighted by Gasteiger charge is -2.31. The lowest BCUT2D eigenvalue weighted by atomic mass is 9.93. The fourth-order valence-electron chi connectivity index (χ4n) is 5.74. The number of anilines is 3. The Balaban J connectivity index is 1.26. The van der Waals surface area contributed by atoms with Gasteiger partial charge in [0.15, 0.2) is 23.1 Å². The van der Waals surface area contributed by atoms with E-state index in [0.717, 1.165) is 54.3 Å². The molecule has 2 heterocycles. The van der Waals surface area contributed by atoms with E-state index >= 15 is 0 Å². The molecule has 1 aromatic heterocycles. The second-order valence-electron chi connectivity index (χ2n) is 9.61. The van der Waals surface area contributed by atoms with Crippen molar-refractivity contribution in [3.8, 4) is 11.5 Å². The van der Waals surface area contributed by atoms with Crippen LogP contribution in [-0.4, -0.2) is 11.6 Å².